The van der Waals surface area contributed by atoms with Gasteiger partial charge in [-0.25, -0.2) is 0 Å². The van der Waals surface area contributed by atoms with Crippen LogP contribution in [0.15, 0.2) is 21.9 Å². The van der Waals surface area contributed by atoms with Gasteiger partial charge in [0.05, 0.1) is 13.2 Å². The molecule has 0 N–H and O–H groups in total. The van der Waals surface area contributed by atoms with E-state index in [0.29, 0.717) is 13.2 Å². The van der Waals surface area contributed by atoms with Gasteiger partial charge in [0.25, 0.3) is 0 Å². The first-order valence-corrected chi connectivity index (χ1v) is 7.36. The molecule has 3 atom stereocenters. The van der Waals surface area contributed by atoms with E-state index < -0.39 is 11.1 Å². The molecule has 1 aliphatic carbocycles. The molecule has 20 heavy (non-hydrogen) atoms. The molecule has 0 aromatic heterocycles. The number of ether oxygens (including phenoxy) is 1. The number of carbonyl (C=O) groups excluding carboxylic acids is 1. The molecule has 0 radical (unpaired) electrons. The quantitative estimate of drug-likeness (QED) is 0.504. The lowest BCUT2D eigenvalue weighted by atomic mass is 9.56. The van der Waals surface area contributed by atoms with Crippen molar-refractivity contribution in [3.05, 3.63) is 11.6 Å². The van der Waals surface area contributed by atoms with Crippen LogP contribution in [0.5, 0.6) is 0 Å². The minimum Gasteiger partial charge on any atom is -0.356 e. The van der Waals surface area contributed by atoms with Crippen molar-refractivity contribution < 1.29 is 9.53 Å². The number of rotatable bonds is 0. The van der Waals surface area contributed by atoms with Crippen LogP contribution in [0.2, 0.25) is 0 Å². The molecule has 110 valence electrons. The number of nitrogens with zero attached hydrogens (tertiary/aromatic N) is 2. The van der Waals surface area contributed by atoms with Crippen LogP contribution in [-0.4, -0.2) is 30.1 Å². The van der Waals surface area contributed by atoms with E-state index in [-0.39, 0.29) is 22.5 Å². The standard InChI is InChI=1S/C16H24N2O2/c1-13(2,3)11-7-10-8-17-18-16(10,14(4,5)6)12(19)15(11)9-20-15/h7,10H,8-9H2,1-6H3. The number of fused-ring (bicyclic) bond motifs is 1. The zero-order valence-corrected chi connectivity index (χ0v) is 13.3. The minimum atomic E-state index is -0.752. The highest BCUT2D eigenvalue weighted by Crippen LogP contribution is 2.58. The van der Waals surface area contributed by atoms with Gasteiger partial charge in [0.1, 0.15) is 0 Å². The summed E-state index contributed by atoms with van der Waals surface area (Å²) in [7, 11) is 0. The van der Waals surface area contributed by atoms with Crippen molar-refractivity contribution in [3.8, 4) is 0 Å². The van der Waals surface area contributed by atoms with Gasteiger partial charge < -0.3 is 4.74 Å². The van der Waals surface area contributed by atoms with Gasteiger partial charge in [-0.05, 0) is 16.4 Å². The molecule has 0 aromatic rings. The molecule has 1 fully saturated rings. The molecule has 1 saturated heterocycles. The lowest BCUT2D eigenvalue weighted by Crippen LogP contribution is -2.61. The van der Waals surface area contributed by atoms with Crippen LogP contribution in [0.4, 0.5) is 0 Å². The highest BCUT2D eigenvalue weighted by Gasteiger charge is 2.71. The molecular formula is C16H24N2O2. The second-order valence-electron chi connectivity index (χ2n) is 8.32. The van der Waals surface area contributed by atoms with Crippen LogP contribution in [-0.2, 0) is 9.53 Å². The largest absolute Gasteiger partial charge is 0.356 e. The third kappa shape index (κ3) is 1.49. The maximum Gasteiger partial charge on any atom is 0.201 e. The number of hydrogen-bond donors (Lipinski definition) is 0. The minimum absolute atomic E-state index is 0.0686. The summed E-state index contributed by atoms with van der Waals surface area (Å²) in [6.07, 6.45) is 2.24. The predicted octanol–water partition coefficient (Wildman–Crippen LogP) is 3.18. The molecule has 3 unspecified atom stereocenters. The molecule has 0 amide bonds. The molecular weight excluding hydrogens is 252 g/mol. The summed E-state index contributed by atoms with van der Waals surface area (Å²) >= 11 is 0. The van der Waals surface area contributed by atoms with Crippen LogP contribution < -0.4 is 0 Å². The Morgan fingerprint density at radius 3 is 2.30 bits per heavy atom. The number of Topliss-reactive ketones (excluding diaryl/α,β-unsaturated/α-hetero) is 1. The molecule has 0 aromatic carbocycles. The fourth-order valence-electron chi connectivity index (χ4n) is 3.86. The van der Waals surface area contributed by atoms with Crippen LogP contribution >= 0.6 is 0 Å². The van der Waals surface area contributed by atoms with Gasteiger partial charge in [0.15, 0.2) is 11.1 Å². The lowest BCUT2D eigenvalue weighted by Gasteiger charge is -2.46. The van der Waals surface area contributed by atoms with Gasteiger partial charge in [0.2, 0.25) is 5.78 Å². The fourth-order valence-corrected chi connectivity index (χ4v) is 3.86. The van der Waals surface area contributed by atoms with E-state index in [1.54, 1.807) is 0 Å². The third-order valence-corrected chi connectivity index (χ3v) is 4.94. The highest BCUT2D eigenvalue weighted by atomic mass is 16.6. The average molecular weight is 276 g/mol. The molecule has 2 heterocycles. The van der Waals surface area contributed by atoms with Crippen molar-refractivity contribution in [1.82, 2.24) is 0 Å². The Morgan fingerprint density at radius 1 is 1.25 bits per heavy atom. The first kappa shape index (κ1) is 13.9. The zero-order valence-electron chi connectivity index (χ0n) is 13.3. The fraction of sp³-hybridized carbons (Fsp3) is 0.812. The van der Waals surface area contributed by atoms with Crippen LogP contribution in [0.1, 0.15) is 41.5 Å². The van der Waals surface area contributed by atoms with Crippen molar-refractivity contribution in [2.75, 3.05) is 13.2 Å². The molecule has 4 heteroatoms. The van der Waals surface area contributed by atoms with Gasteiger partial charge >= 0.3 is 0 Å². The second kappa shape index (κ2) is 3.59. The van der Waals surface area contributed by atoms with Crippen molar-refractivity contribution >= 4 is 5.78 Å². The van der Waals surface area contributed by atoms with E-state index in [1.165, 1.54) is 0 Å². The number of ketones is 1. The number of carbonyl (C=O) groups is 1. The Bertz CT molecular complexity index is 530. The summed E-state index contributed by atoms with van der Waals surface area (Å²) in [4.78, 5) is 13.3. The Kier molecular flexibility index (Phi) is 2.50. The van der Waals surface area contributed by atoms with Crippen molar-refractivity contribution in [1.29, 1.82) is 0 Å². The molecule has 0 bridgehead atoms. The van der Waals surface area contributed by atoms with Gasteiger partial charge in [0, 0.05) is 5.92 Å². The van der Waals surface area contributed by atoms with E-state index in [9.17, 15) is 4.79 Å². The Balaban J connectivity index is 2.20. The topological polar surface area (TPSA) is 54.3 Å². The maximum absolute atomic E-state index is 13.3. The maximum atomic E-state index is 13.3. The number of epoxide rings is 1. The smallest absolute Gasteiger partial charge is 0.201 e. The highest BCUT2D eigenvalue weighted by molar-refractivity contribution is 6.03. The Hall–Kier alpha value is -1.03. The molecule has 2 aliphatic heterocycles. The first-order chi connectivity index (χ1) is 9.06. The first-order valence-electron chi connectivity index (χ1n) is 7.36. The Labute approximate surface area is 120 Å². The molecule has 3 aliphatic rings. The predicted molar refractivity (Wildman–Crippen MR) is 76.6 cm³/mol. The van der Waals surface area contributed by atoms with Gasteiger partial charge in [-0.15, -0.1) is 0 Å². The van der Waals surface area contributed by atoms with Crippen LogP contribution in [0, 0.1) is 16.7 Å². The van der Waals surface area contributed by atoms with Crippen molar-refractivity contribution in [3.63, 3.8) is 0 Å². The Morgan fingerprint density at radius 2 is 1.85 bits per heavy atom. The molecule has 3 rings (SSSR count). The average Bonchev–Trinajstić information content (AvgIpc) is 2.92. The van der Waals surface area contributed by atoms with Gasteiger partial charge in [-0.1, -0.05) is 47.6 Å². The summed E-state index contributed by atoms with van der Waals surface area (Å²) in [5, 5.41) is 8.68. The summed E-state index contributed by atoms with van der Waals surface area (Å²) in [6, 6.07) is 0. The van der Waals surface area contributed by atoms with E-state index in [0.717, 1.165) is 5.57 Å². The van der Waals surface area contributed by atoms with Crippen LogP contribution in [0.25, 0.3) is 0 Å². The summed E-state index contributed by atoms with van der Waals surface area (Å²) in [6.45, 7) is 13.8. The molecule has 0 saturated carbocycles. The van der Waals surface area contributed by atoms with E-state index >= 15 is 0 Å². The van der Waals surface area contributed by atoms with Gasteiger partial charge in [-0.2, -0.15) is 10.2 Å². The van der Waals surface area contributed by atoms with Gasteiger partial charge in [-0.3, -0.25) is 4.79 Å². The normalized spacial score (nSPS) is 40.0. The van der Waals surface area contributed by atoms with E-state index in [2.05, 4.69) is 57.8 Å². The summed E-state index contributed by atoms with van der Waals surface area (Å²) in [5.41, 5.74) is -0.692. The van der Waals surface area contributed by atoms with E-state index in [4.69, 9.17) is 4.74 Å². The van der Waals surface area contributed by atoms with Crippen LogP contribution in [0.3, 0.4) is 0 Å². The lowest BCUT2D eigenvalue weighted by molar-refractivity contribution is -0.134. The van der Waals surface area contributed by atoms with E-state index in [1.807, 2.05) is 0 Å². The molecule has 4 nitrogen and oxygen atoms in total. The number of hydrogen-bond acceptors (Lipinski definition) is 4. The zero-order chi connectivity index (χ0) is 15.0. The van der Waals surface area contributed by atoms with Crippen molar-refractivity contribution in [2.45, 2.75) is 52.7 Å². The second-order valence-corrected chi connectivity index (χ2v) is 8.32. The summed E-state index contributed by atoms with van der Waals surface area (Å²) in [5.74, 6) is 0.190. The monoisotopic (exact) mass is 276 g/mol. The third-order valence-electron chi connectivity index (χ3n) is 4.94. The van der Waals surface area contributed by atoms with Crippen molar-refractivity contribution in [2.24, 2.45) is 27.0 Å². The number of azo groups is 1. The SMILES string of the molecule is CC(C)(C)C1=CC2CN=NC2(C(C)(C)C)C(=O)C12CO2. The summed E-state index contributed by atoms with van der Waals surface area (Å²) < 4.78 is 5.70. The molecule has 1 spiro atoms.